The summed E-state index contributed by atoms with van der Waals surface area (Å²) in [7, 11) is 1.66. The molecule has 1 aromatic carbocycles. The molecule has 4 nitrogen and oxygen atoms in total. The molecule has 1 heterocycles. The third kappa shape index (κ3) is 2.66. The summed E-state index contributed by atoms with van der Waals surface area (Å²) < 4.78 is 5.26. The molecule has 4 heteroatoms. The Labute approximate surface area is 120 Å². The highest BCUT2D eigenvalue weighted by molar-refractivity contribution is 5.75. The predicted molar refractivity (Wildman–Crippen MR) is 78.0 cm³/mol. The van der Waals surface area contributed by atoms with Crippen LogP contribution in [0.1, 0.15) is 38.3 Å². The minimum atomic E-state index is -0.666. The van der Waals surface area contributed by atoms with E-state index in [2.05, 4.69) is 17.9 Å². The molecule has 0 radical (unpaired) electrons. The number of carbonyl (C=O) groups is 1. The van der Waals surface area contributed by atoms with Crippen molar-refractivity contribution in [3.8, 4) is 5.75 Å². The zero-order valence-electron chi connectivity index (χ0n) is 12.4. The Morgan fingerprint density at radius 1 is 1.55 bits per heavy atom. The third-order valence-corrected chi connectivity index (χ3v) is 4.64. The Morgan fingerprint density at radius 2 is 2.30 bits per heavy atom. The topological polar surface area (TPSA) is 49.8 Å². The first kappa shape index (κ1) is 14.9. The van der Waals surface area contributed by atoms with Gasteiger partial charge < -0.3 is 9.84 Å². The van der Waals surface area contributed by atoms with Crippen LogP contribution in [0.2, 0.25) is 0 Å². The van der Waals surface area contributed by atoms with Crippen LogP contribution in [0.25, 0.3) is 0 Å². The number of likely N-dealkylation sites (tertiary alicyclic amines) is 1. The van der Waals surface area contributed by atoms with E-state index in [4.69, 9.17) is 4.74 Å². The number of ether oxygens (including phenoxy) is 1. The van der Waals surface area contributed by atoms with Crippen LogP contribution in [0, 0.1) is 5.41 Å². The van der Waals surface area contributed by atoms with Crippen molar-refractivity contribution in [3.63, 3.8) is 0 Å². The summed E-state index contributed by atoms with van der Waals surface area (Å²) in [5.74, 6) is 0.175. The SMILES string of the molecule is CCC1(C(=O)O)CCN(C(C)c2cccc(OC)c2)C1. The number of hydrogen-bond donors (Lipinski definition) is 1. The standard InChI is InChI=1S/C16H23NO3/c1-4-16(15(18)19)8-9-17(11-16)12(2)13-6-5-7-14(10-13)20-3/h5-7,10,12H,4,8-9,11H2,1-3H3,(H,18,19). The van der Waals surface area contributed by atoms with Crippen molar-refractivity contribution in [1.82, 2.24) is 4.90 Å². The molecule has 0 spiro atoms. The van der Waals surface area contributed by atoms with Gasteiger partial charge in [0.1, 0.15) is 5.75 Å². The van der Waals surface area contributed by atoms with E-state index in [0.29, 0.717) is 13.0 Å². The minimum absolute atomic E-state index is 0.206. The van der Waals surface area contributed by atoms with E-state index in [1.807, 2.05) is 25.1 Å². The van der Waals surface area contributed by atoms with Crippen LogP contribution in [0.15, 0.2) is 24.3 Å². The molecule has 0 aliphatic carbocycles. The maximum atomic E-state index is 11.5. The number of carboxylic acid groups (broad SMARTS) is 1. The Hall–Kier alpha value is -1.55. The average molecular weight is 277 g/mol. The molecule has 1 fully saturated rings. The van der Waals surface area contributed by atoms with E-state index >= 15 is 0 Å². The van der Waals surface area contributed by atoms with Crippen LogP contribution in [0.3, 0.4) is 0 Å². The highest BCUT2D eigenvalue weighted by Gasteiger charge is 2.44. The Kier molecular flexibility index (Phi) is 4.33. The lowest BCUT2D eigenvalue weighted by Crippen LogP contribution is -2.35. The molecule has 2 atom stereocenters. The maximum Gasteiger partial charge on any atom is 0.310 e. The molecular formula is C16H23NO3. The summed E-state index contributed by atoms with van der Waals surface area (Å²) in [5.41, 5.74) is 0.592. The van der Waals surface area contributed by atoms with Gasteiger partial charge >= 0.3 is 5.97 Å². The van der Waals surface area contributed by atoms with Gasteiger partial charge in [0.05, 0.1) is 12.5 Å². The van der Waals surface area contributed by atoms with Crippen molar-refractivity contribution >= 4 is 5.97 Å². The molecule has 0 bridgehead atoms. The monoisotopic (exact) mass is 277 g/mol. The number of nitrogens with zero attached hydrogens (tertiary/aromatic N) is 1. The van der Waals surface area contributed by atoms with Crippen LogP contribution in [0.5, 0.6) is 5.75 Å². The molecular weight excluding hydrogens is 254 g/mol. The third-order valence-electron chi connectivity index (χ3n) is 4.64. The first-order valence-electron chi connectivity index (χ1n) is 7.14. The van der Waals surface area contributed by atoms with E-state index in [0.717, 1.165) is 18.7 Å². The maximum absolute atomic E-state index is 11.5. The lowest BCUT2D eigenvalue weighted by atomic mass is 9.84. The van der Waals surface area contributed by atoms with Gasteiger partial charge in [-0.15, -0.1) is 0 Å². The second kappa shape index (κ2) is 5.83. The van der Waals surface area contributed by atoms with Crippen molar-refractivity contribution in [2.75, 3.05) is 20.2 Å². The van der Waals surface area contributed by atoms with E-state index in [-0.39, 0.29) is 6.04 Å². The first-order chi connectivity index (χ1) is 9.52. The summed E-state index contributed by atoms with van der Waals surface area (Å²) in [6.07, 6.45) is 1.41. The highest BCUT2D eigenvalue weighted by atomic mass is 16.5. The van der Waals surface area contributed by atoms with Gasteiger partial charge in [-0.1, -0.05) is 19.1 Å². The lowest BCUT2D eigenvalue weighted by molar-refractivity contribution is -0.148. The van der Waals surface area contributed by atoms with Crippen LogP contribution in [-0.2, 0) is 4.79 Å². The first-order valence-corrected chi connectivity index (χ1v) is 7.14. The Balaban J connectivity index is 2.14. The van der Waals surface area contributed by atoms with E-state index in [1.165, 1.54) is 5.56 Å². The van der Waals surface area contributed by atoms with E-state index in [1.54, 1.807) is 7.11 Å². The molecule has 1 N–H and O–H groups in total. The fraction of sp³-hybridized carbons (Fsp3) is 0.562. The second-order valence-corrected chi connectivity index (χ2v) is 5.61. The molecule has 110 valence electrons. The Morgan fingerprint density at radius 3 is 2.85 bits per heavy atom. The minimum Gasteiger partial charge on any atom is -0.497 e. The number of hydrogen-bond acceptors (Lipinski definition) is 3. The molecule has 0 amide bonds. The summed E-state index contributed by atoms with van der Waals surface area (Å²) in [5, 5.41) is 9.47. The quantitative estimate of drug-likeness (QED) is 0.899. The smallest absolute Gasteiger partial charge is 0.310 e. The summed E-state index contributed by atoms with van der Waals surface area (Å²) in [4.78, 5) is 13.8. The van der Waals surface area contributed by atoms with Gasteiger partial charge in [-0.25, -0.2) is 0 Å². The van der Waals surface area contributed by atoms with Crippen LogP contribution < -0.4 is 4.74 Å². The van der Waals surface area contributed by atoms with Gasteiger partial charge in [-0.2, -0.15) is 0 Å². The van der Waals surface area contributed by atoms with Gasteiger partial charge in [0.15, 0.2) is 0 Å². The van der Waals surface area contributed by atoms with Gasteiger partial charge in [0.2, 0.25) is 0 Å². The van der Waals surface area contributed by atoms with Crippen LogP contribution in [0.4, 0.5) is 0 Å². The largest absolute Gasteiger partial charge is 0.497 e. The van der Waals surface area contributed by atoms with Crippen molar-refractivity contribution in [1.29, 1.82) is 0 Å². The fourth-order valence-corrected chi connectivity index (χ4v) is 2.96. The zero-order chi connectivity index (χ0) is 14.8. The Bertz CT molecular complexity index is 488. The van der Waals surface area contributed by atoms with Crippen molar-refractivity contribution in [3.05, 3.63) is 29.8 Å². The molecule has 0 saturated carbocycles. The van der Waals surface area contributed by atoms with Crippen molar-refractivity contribution in [2.24, 2.45) is 5.41 Å². The summed E-state index contributed by atoms with van der Waals surface area (Å²) >= 11 is 0. The number of aliphatic carboxylic acids is 1. The zero-order valence-corrected chi connectivity index (χ0v) is 12.4. The van der Waals surface area contributed by atoms with Crippen LogP contribution in [-0.4, -0.2) is 36.2 Å². The summed E-state index contributed by atoms with van der Waals surface area (Å²) in [6.45, 7) is 5.55. The van der Waals surface area contributed by atoms with Gasteiger partial charge in [0, 0.05) is 12.6 Å². The van der Waals surface area contributed by atoms with Crippen molar-refractivity contribution < 1.29 is 14.6 Å². The van der Waals surface area contributed by atoms with E-state index < -0.39 is 11.4 Å². The second-order valence-electron chi connectivity index (χ2n) is 5.61. The van der Waals surface area contributed by atoms with Gasteiger partial charge in [0.25, 0.3) is 0 Å². The average Bonchev–Trinajstić information content (AvgIpc) is 2.92. The van der Waals surface area contributed by atoms with E-state index in [9.17, 15) is 9.90 Å². The molecule has 20 heavy (non-hydrogen) atoms. The number of methoxy groups -OCH3 is 1. The molecule has 1 saturated heterocycles. The normalized spacial score (nSPS) is 24.6. The molecule has 1 aliphatic heterocycles. The molecule has 1 aromatic rings. The summed E-state index contributed by atoms with van der Waals surface area (Å²) in [6, 6.07) is 8.20. The van der Waals surface area contributed by atoms with Gasteiger partial charge in [-0.3, -0.25) is 9.69 Å². The lowest BCUT2D eigenvalue weighted by Gasteiger charge is -2.27. The molecule has 2 rings (SSSR count). The van der Waals surface area contributed by atoms with Crippen molar-refractivity contribution in [2.45, 2.75) is 32.7 Å². The van der Waals surface area contributed by atoms with Crippen LogP contribution >= 0.6 is 0 Å². The highest BCUT2D eigenvalue weighted by Crippen LogP contribution is 2.38. The number of benzene rings is 1. The molecule has 0 aromatic heterocycles. The molecule has 2 unspecified atom stereocenters. The van der Waals surface area contributed by atoms with Gasteiger partial charge in [-0.05, 0) is 44.0 Å². The predicted octanol–water partition coefficient (Wildman–Crippen LogP) is 2.94. The molecule has 1 aliphatic rings. The number of rotatable bonds is 5. The fourth-order valence-electron chi connectivity index (χ4n) is 2.96. The number of carboxylic acids is 1.